The van der Waals surface area contributed by atoms with Crippen LogP contribution in [0.2, 0.25) is 0 Å². The van der Waals surface area contributed by atoms with E-state index in [0.717, 1.165) is 20.4 Å². The Balaban J connectivity index is 1.95. The quantitative estimate of drug-likeness (QED) is 0.155. The number of nitrogens with two attached hydrogens (primary N) is 2. The summed E-state index contributed by atoms with van der Waals surface area (Å²) < 4.78 is 7.29. The molecule has 2 aromatic carbocycles. The van der Waals surface area contributed by atoms with Gasteiger partial charge in [0.15, 0.2) is 5.96 Å². The molecule has 5 atom stereocenters. The van der Waals surface area contributed by atoms with Crippen LogP contribution in [0, 0.1) is 15.4 Å². The van der Waals surface area contributed by atoms with Crippen LogP contribution in [-0.4, -0.2) is 67.5 Å². The van der Waals surface area contributed by atoms with E-state index in [2.05, 4.69) is 48.9 Å². The van der Waals surface area contributed by atoms with Crippen LogP contribution in [-0.2, 0) is 27.2 Å². The number of benzene rings is 2. The van der Waals surface area contributed by atoms with Gasteiger partial charge in [0.25, 0.3) is 0 Å². The predicted octanol–water partition coefficient (Wildman–Crippen LogP) is 1.47. The second-order valence-corrected chi connectivity index (χ2v) is 12.7. The standard InChI is InChI=1S/C31H44IN7O4/c1-18(2)27-30(42)38-25(16-36-31(33)34)28(40)35-15-19(3)12-22-9-5-6-11-26(22)43-17-20(4)37-24(29(41)39-27)14-21-8-7-10-23(32)13-21/h5-11,13,18-20,24-25,27,37H,12,14-17H2,1-4H3,(H,35,40)(H,38,42)(H,39,41)(H4,33,34,36)/t19-,20-,24-,25+,27-/m1/s1. The highest BCUT2D eigenvalue weighted by Gasteiger charge is 2.32. The minimum absolute atomic E-state index is 0.0725. The highest BCUT2D eigenvalue weighted by molar-refractivity contribution is 14.1. The number of para-hydroxylation sites is 1. The van der Waals surface area contributed by atoms with Gasteiger partial charge in [0.1, 0.15) is 24.4 Å². The van der Waals surface area contributed by atoms with Crippen LogP contribution in [0.1, 0.15) is 38.8 Å². The van der Waals surface area contributed by atoms with Crippen molar-refractivity contribution in [3.63, 3.8) is 0 Å². The molecule has 2 aromatic rings. The number of nitrogens with zero attached hydrogens (tertiary/aromatic N) is 1. The molecule has 234 valence electrons. The molecule has 11 nitrogen and oxygen atoms in total. The maximum absolute atomic E-state index is 13.8. The number of guanidine groups is 1. The molecule has 0 aromatic heterocycles. The van der Waals surface area contributed by atoms with E-state index in [4.69, 9.17) is 16.2 Å². The monoisotopic (exact) mass is 705 g/mol. The molecule has 0 spiro atoms. The van der Waals surface area contributed by atoms with Crippen LogP contribution in [0.25, 0.3) is 0 Å². The van der Waals surface area contributed by atoms with Gasteiger partial charge >= 0.3 is 0 Å². The Morgan fingerprint density at radius 1 is 1.00 bits per heavy atom. The van der Waals surface area contributed by atoms with Gasteiger partial charge in [0.2, 0.25) is 17.7 Å². The smallest absolute Gasteiger partial charge is 0.244 e. The lowest BCUT2D eigenvalue weighted by atomic mass is 9.99. The fraction of sp³-hybridized carbons (Fsp3) is 0.484. The van der Waals surface area contributed by atoms with E-state index in [1.165, 1.54) is 0 Å². The summed E-state index contributed by atoms with van der Waals surface area (Å²) in [5, 5.41) is 12.0. The van der Waals surface area contributed by atoms with E-state index < -0.39 is 29.9 Å². The summed E-state index contributed by atoms with van der Waals surface area (Å²) in [7, 11) is 0. The van der Waals surface area contributed by atoms with Gasteiger partial charge in [-0.3, -0.25) is 24.7 Å². The van der Waals surface area contributed by atoms with E-state index in [9.17, 15) is 14.4 Å². The topological polar surface area (TPSA) is 173 Å². The molecule has 8 N–H and O–H groups in total. The van der Waals surface area contributed by atoms with Crippen molar-refractivity contribution in [2.75, 3.05) is 19.7 Å². The number of fused-ring (bicyclic) bond motifs is 1. The number of carbonyl (C=O) groups excluding carboxylic acids is 3. The summed E-state index contributed by atoms with van der Waals surface area (Å²) in [6.45, 7) is 8.22. The van der Waals surface area contributed by atoms with Crippen molar-refractivity contribution in [2.45, 2.75) is 64.7 Å². The lowest BCUT2D eigenvalue weighted by Crippen LogP contribution is -2.59. The number of halogens is 1. The molecule has 0 saturated carbocycles. The Labute approximate surface area is 267 Å². The molecule has 12 heteroatoms. The van der Waals surface area contributed by atoms with Crippen LogP contribution < -0.4 is 37.5 Å². The number of rotatable bonds is 5. The SMILES string of the molecule is CC(C)[C@H]1NC(=O)[C@@H](Cc2cccc(I)c2)N[C@H](C)COc2ccccc2C[C@@H](C)CNC(=O)[C@H](CN=C(N)N)NC1=O. The van der Waals surface area contributed by atoms with Gasteiger partial charge in [0, 0.05) is 16.2 Å². The van der Waals surface area contributed by atoms with Gasteiger partial charge < -0.3 is 32.2 Å². The summed E-state index contributed by atoms with van der Waals surface area (Å²) in [5.74, 6) is -0.885. The molecule has 3 amide bonds. The number of ether oxygens (including phenoxy) is 1. The lowest BCUT2D eigenvalue weighted by Gasteiger charge is -2.29. The van der Waals surface area contributed by atoms with Crippen LogP contribution in [0.5, 0.6) is 5.75 Å². The van der Waals surface area contributed by atoms with Crippen LogP contribution in [0.3, 0.4) is 0 Å². The van der Waals surface area contributed by atoms with Crippen molar-refractivity contribution in [2.24, 2.45) is 28.3 Å². The molecule has 0 unspecified atom stereocenters. The zero-order valence-electron chi connectivity index (χ0n) is 25.2. The first-order chi connectivity index (χ1) is 20.4. The maximum Gasteiger partial charge on any atom is 0.244 e. The maximum atomic E-state index is 13.8. The van der Waals surface area contributed by atoms with Crippen molar-refractivity contribution >= 4 is 46.3 Å². The molecule has 0 bridgehead atoms. The second-order valence-electron chi connectivity index (χ2n) is 11.5. The third-order valence-corrected chi connectivity index (χ3v) is 7.79. The molecule has 1 heterocycles. The average Bonchev–Trinajstić information content (AvgIpc) is 2.95. The number of carbonyl (C=O) groups is 3. The fourth-order valence-electron chi connectivity index (χ4n) is 4.83. The van der Waals surface area contributed by atoms with E-state index >= 15 is 0 Å². The third kappa shape index (κ3) is 11.0. The van der Waals surface area contributed by atoms with E-state index in [1.54, 1.807) is 0 Å². The zero-order chi connectivity index (χ0) is 31.5. The Hall–Kier alpha value is -3.39. The van der Waals surface area contributed by atoms with Crippen LogP contribution >= 0.6 is 22.6 Å². The minimum Gasteiger partial charge on any atom is -0.492 e. The lowest BCUT2D eigenvalue weighted by molar-refractivity contribution is -0.133. The molecule has 0 fully saturated rings. The number of amides is 3. The number of hydrogen-bond donors (Lipinski definition) is 6. The Kier molecular flexibility index (Phi) is 13.1. The molecule has 43 heavy (non-hydrogen) atoms. The largest absolute Gasteiger partial charge is 0.492 e. The van der Waals surface area contributed by atoms with E-state index in [1.807, 2.05) is 76.2 Å². The molecule has 0 saturated heterocycles. The van der Waals surface area contributed by atoms with Crippen molar-refractivity contribution in [1.82, 2.24) is 21.3 Å². The molecular formula is C31H44IN7O4. The van der Waals surface area contributed by atoms with Crippen LogP contribution in [0.4, 0.5) is 0 Å². The molecule has 1 aliphatic heterocycles. The Morgan fingerprint density at radius 3 is 2.44 bits per heavy atom. The Morgan fingerprint density at radius 2 is 1.74 bits per heavy atom. The van der Waals surface area contributed by atoms with Crippen molar-refractivity contribution < 1.29 is 19.1 Å². The van der Waals surface area contributed by atoms with Crippen molar-refractivity contribution in [3.8, 4) is 5.75 Å². The number of aliphatic imine (C=N–C) groups is 1. The molecule has 0 radical (unpaired) electrons. The highest BCUT2D eigenvalue weighted by Crippen LogP contribution is 2.22. The minimum atomic E-state index is -1.03. The first-order valence-electron chi connectivity index (χ1n) is 14.6. The van der Waals surface area contributed by atoms with Gasteiger partial charge in [-0.1, -0.05) is 51.1 Å². The van der Waals surface area contributed by atoms with Crippen molar-refractivity contribution in [1.29, 1.82) is 0 Å². The van der Waals surface area contributed by atoms with E-state index in [-0.39, 0.29) is 36.3 Å². The van der Waals surface area contributed by atoms with Crippen molar-refractivity contribution in [3.05, 3.63) is 63.2 Å². The van der Waals surface area contributed by atoms with Gasteiger partial charge in [-0.25, -0.2) is 0 Å². The normalized spacial score (nSPS) is 24.3. The first kappa shape index (κ1) is 34.1. The predicted molar refractivity (Wildman–Crippen MR) is 176 cm³/mol. The summed E-state index contributed by atoms with van der Waals surface area (Å²) in [4.78, 5) is 44.5. The fourth-order valence-corrected chi connectivity index (χ4v) is 5.44. The summed E-state index contributed by atoms with van der Waals surface area (Å²) in [6, 6.07) is 13.0. The second kappa shape index (κ2) is 16.5. The average molecular weight is 706 g/mol. The third-order valence-electron chi connectivity index (χ3n) is 7.12. The summed E-state index contributed by atoms with van der Waals surface area (Å²) in [5.41, 5.74) is 13.0. The van der Waals surface area contributed by atoms with Gasteiger partial charge in [-0.2, -0.15) is 0 Å². The van der Waals surface area contributed by atoms with Gasteiger partial charge in [0.05, 0.1) is 12.6 Å². The number of hydrogen-bond acceptors (Lipinski definition) is 6. The first-order valence-corrected chi connectivity index (χ1v) is 15.7. The van der Waals surface area contributed by atoms with Crippen LogP contribution in [0.15, 0.2) is 53.5 Å². The molecular weight excluding hydrogens is 661 g/mol. The summed E-state index contributed by atoms with van der Waals surface area (Å²) in [6.07, 6.45) is 1.07. The molecule has 1 aliphatic rings. The van der Waals surface area contributed by atoms with Gasteiger partial charge in [-0.15, -0.1) is 0 Å². The summed E-state index contributed by atoms with van der Waals surface area (Å²) >= 11 is 2.24. The number of nitrogens with one attached hydrogen (secondary N) is 4. The van der Waals surface area contributed by atoms with Gasteiger partial charge in [-0.05, 0) is 83.5 Å². The molecule has 3 rings (SSSR count). The highest BCUT2D eigenvalue weighted by atomic mass is 127. The zero-order valence-corrected chi connectivity index (χ0v) is 27.4. The molecule has 0 aliphatic carbocycles. The van der Waals surface area contributed by atoms with E-state index in [0.29, 0.717) is 26.0 Å². The Bertz CT molecular complexity index is 1280.